The van der Waals surface area contributed by atoms with E-state index in [0.717, 1.165) is 23.2 Å². The first-order valence-electron chi connectivity index (χ1n) is 8.68. The predicted octanol–water partition coefficient (Wildman–Crippen LogP) is 1.82. The summed E-state index contributed by atoms with van der Waals surface area (Å²) in [7, 11) is 0. The third-order valence-electron chi connectivity index (χ3n) is 4.92. The lowest BCUT2D eigenvalue weighted by Crippen LogP contribution is -2.42. The van der Waals surface area contributed by atoms with Crippen LogP contribution in [-0.2, 0) is 20.8 Å². The molecule has 0 unspecified atom stereocenters. The molecule has 2 aromatic carbocycles. The fourth-order valence-corrected chi connectivity index (χ4v) is 3.62. The third kappa shape index (κ3) is 2.94. The minimum Gasteiger partial charge on any atom is -0.346 e. The number of rotatable bonds is 3. The minimum atomic E-state index is -0.571. The second-order valence-electron chi connectivity index (χ2n) is 6.53. The topological polar surface area (TPSA) is 78.5 Å². The van der Waals surface area contributed by atoms with Gasteiger partial charge in [0.05, 0.1) is 12.5 Å². The molecule has 3 amide bonds. The summed E-state index contributed by atoms with van der Waals surface area (Å²) in [5, 5.41) is 5.48. The molecular weight excluding hydrogens is 330 g/mol. The maximum Gasteiger partial charge on any atom is 0.246 e. The molecule has 0 bridgehead atoms. The van der Waals surface area contributed by atoms with E-state index in [2.05, 4.69) is 10.6 Å². The van der Waals surface area contributed by atoms with E-state index in [-0.39, 0.29) is 30.7 Å². The van der Waals surface area contributed by atoms with Crippen LogP contribution < -0.4 is 15.5 Å². The molecule has 2 heterocycles. The molecule has 26 heavy (non-hydrogen) atoms. The van der Waals surface area contributed by atoms with Crippen molar-refractivity contribution in [2.45, 2.75) is 18.8 Å². The van der Waals surface area contributed by atoms with Crippen molar-refractivity contribution < 1.29 is 14.4 Å². The summed E-state index contributed by atoms with van der Waals surface area (Å²) in [5.41, 5.74) is 3.49. The van der Waals surface area contributed by atoms with Crippen molar-refractivity contribution in [1.82, 2.24) is 5.32 Å². The zero-order chi connectivity index (χ0) is 18.1. The summed E-state index contributed by atoms with van der Waals surface area (Å²) in [6.07, 6.45) is 0.912. The molecule has 2 aliphatic heterocycles. The van der Waals surface area contributed by atoms with Gasteiger partial charge in [0, 0.05) is 24.3 Å². The van der Waals surface area contributed by atoms with Crippen molar-refractivity contribution in [1.29, 1.82) is 0 Å². The molecule has 0 aromatic heterocycles. The Kier molecular flexibility index (Phi) is 4.16. The molecule has 1 atom stereocenters. The van der Waals surface area contributed by atoms with Crippen LogP contribution in [0.1, 0.15) is 23.5 Å². The number of anilines is 2. The molecule has 2 N–H and O–H groups in total. The number of fused-ring (bicyclic) bond motifs is 2. The molecule has 6 nitrogen and oxygen atoms in total. The average molecular weight is 349 g/mol. The number of carbonyl (C=O) groups excluding carboxylic acids is 3. The molecule has 0 fully saturated rings. The molecule has 2 aliphatic rings. The van der Waals surface area contributed by atoms with Gasteiger partial charge in [-0.05, 0) is 29.7 Å². The highest BCUT2D eigenvalue weighted by Gasteiger charge is 2.31. The van der Waals surface area contributed by atoms with Crippen LogP contribution in [0.25, 0.3) is 0 Å². The van der Waals surface area contributed by atoms with Crippen molar-refractivity contribution in [3.63, 3.8) is 0 Å². The van der Waals surface area contributed by atoms with E-state index in [1.807, 2.05) is 42.5 Å². The van der Waals surface area contributed by atoms with Gasteiger partial charge < -0.3 is 15.5 Å². The van der Waals surface area contributed by atoms with Crippen molar-refractivity contribution >= 4 is 29.1 Å². The van der Waals surface area contributed by atoms with Gasteiger partial charge in [-0.3, -0.25) is 14.4 Å². The molecule has 0 aliphatic carbocycles. The van der Waals surface area contributed by atoms with Gasteiger partial charge in [0.15, 0.2) is 0 Å². The number of benzene rings is 2. The van der Waals surface area contributed by atoms with E-state index < -0.39 is 5.92 Å². The molecule has 6 heteroatoms. The number of carbonyl (C=O) groups is 3. The number of hydrogen-bond donors (Lipinski definition) is 2. The lowest BCUT2D eigenvalue weighted by Gasteiger charge is -2.25. The highest BCUT2D eigenvalue weighted by Crippen LogP contribution is 2.32. The monoisotopic (exact) mass is 349 g/mol. The number of para-hydroxylation sites is 2. The van der Waals surface area contributed by atoms with Gasteiger partial charge in [0.25, 0.3) is 0 Å². The Hall–Kier alpha value is -3.15. The molecule has 0 saturated carbocycles. The lowest BCUT2D eigenvalue weighted by atomic mass is 9.90. The molecule has 0 saturated heterocycles. The van der Waals surface area contributed by atoms with Gasteiger partial charge in [-0.1, -0.05) is 36.4 Å². The van der Waals surface area contributed by atoms with Crippen LogP contribution in [-0.4, -0.2) is 30.8 Å². The van der Waals surface area contributed by atoms with Gasteiger partial charge in [0.2, 0.25) is 17.7 Å². The molecule has 0 radical (unpaired) electrons. The Morgan fingerprint density at radius 1 is 1.12 bits per heavy atom. The van der Waals surface area contributed by atoms with Crippen molar-refractivity contribution in [3.05, 3.63) is 59.7 Å². The van der Waals surface area contributed by atoms with Crippen molar-refractivity contribution in [2.75, 3.05) is 23.3 Å². The summed E-state index contributed by atoms with van der Waals surface area (Å²) < 4.78 is 0. The van der Waals surface area contributed by atoms with Crippen LogP contribution in [0.2, 0.25) is 0 Å². The average Bonchev–Trinajstić information content (AvgIpc) is 3.09. The minimum absolute atomic E-state index is 0.0759. The SMILES string of the molecule is O=C1C[C@H](C(=O)NCC(=O)N2CCc3ccccc32)c2ccccc2N1. The van der Waals surface area contributed by atoms with E-state index in [9.17, 15) is 14.4 Å². The first-order valence-corrected chi connectivity index (χ1v) is 8.68. The summed E-state index contributed by atoms with van der Waals surface area (Å²) in [5.74, 6) is -1.20. The number of hydrogen-bond acceptors (Lipinski definition) is 3. The number of amides is 3. The van der Waals surface area contributed by atoms with Crippen LogP contribution in [0.3, 0.4) is 0 Å². The zero-order valence-corrected chi connectivity index (χ0v) is 14.2. The predicted molar refractivity (Wildman–Crippen MR) is 97.9 cm³/mol. The zero-order valence-electron chi connectivity index (χ0n) is 14.2. The van der Waals surface area contributed by atoms with E-state index >= 15 is 0 Å². The molecular formula is C20H19N3O3. The van der Waals surface area contributed by atoms with Gasteiger partial charge >= 0.3 is 0 Å². The van der Waals surface area contributed by atoms with Crippen LogP contribution in [0.4, 0.5) is 11.4 Å². The number of nitrogens with zero attached hydrogens (tertiary/aromatic N) is 1. The van der Waals surface area contributed by atoms with E-state index in [1.54, 1.807) is 11.0 Å². The summed E-state index contributed by atoms with van der Waals surface area (Å²) in [6.45, 7) is 0.552. The fraction of sp³-hybridized carbons (Fsp3) is 0.250. The summed E-state index contributed by atoms with van der Waals surface area (Å²) >= 11 is 0. The second kappa shape index (κ2) is 6.63. The summed E-state index contributed by atoms with van der Waals surface area (Å²) in [4.78, 5) is 38.7. The van der Waals surface area contributed by atoms with E-state index in [4.69, 9.17) is 0 Å². The highest BCUT2D eigenvalue weighted by molar-refractivity contribution is 6.03. The Labute approximate surface area is 151 Å². The first-order chi connectivity index (χ1) is 12.6. The van der Waals surface area contributed by atoms with Crippen LogP contribution in [0, 0.1) is 0 Å². The molecule has 132 valence electrons. The normalized spacial score (nSPS) is 17.9. The van der Waals surface area contributed by atoms with Gasteiger partial charge in [-0.2, -0.15) is 0 Å². The van der Waals surface area contributed by atoms with Crippen LogP contribution in [0.5, 0.6) is 0 Å². The lowest BCUT2D eigenvalue weighted by molar-refractivity contribution is -0.128. The maximum absolute atomic E-state index is 12.6. The fourth-order valence-electron chi connectivity index (χ4n) is 3.62. The molecule has 4 rings (SSSR count). The first kappa shape index (κ1) is 16.3. The Bertz CT molecular complexity index is 893. The Morgan fingerprint density at radius 3 is 2.77 bits per heavy atom. The smallest absolute Gasteiger partial charge is 0.246 e. The van der Waals surface area contributed by atoms with E-state index in [1.165, 1.54) is 0 Å². The van der Waals surface area contributed by atoms with Crippen LogP contribution in [0.15, 0.2) is 48.5 Å². The molecule has 2 aromatic rings. The Morgan fingerprint density at radius 2 is 1.88 bits per heavy atom. The summed E-state index contributed by atoms with van der Waals surface area (Å²) in [6, 6.07) is 15.1. The third-order valence-corrected chi connectivity index (χ3v) is 4.92. The standard InChI is InChI=1S/C20H19N3O3/c24-18-11-15(14-6-2-3-7-16(14)22-18)20(26)21-12-19(25)23-10-9-13-5-1-4-8-17(13)23/h1-8,15H,9-12H2,(H,21,26)(H,22,24)/t15-/m0/s1. The highest BCUT2D eigenvalue weighted by atomic mass is 16.2. The van der Waals surface area contributed by atoms with Crippen molar-refractivity contribution in [3.8, 4) is 0 Å². The maximum atomic E-state index is 12.6. The second-order valence-corrected chi connectivity index (χ2v) is 6.53. The quantitative estimate of drug-likeness (QED) is 0.887. The number of nitrogens with one attached hydrogen (secondary N) is 2. The van der Waals surface area contributed by atoms with Crippen LogP contribution >= 0.6 is 0 Å². The Balaban J connectivity index is 1.43. The largest absolute Gasteiger partial charge is 0.346 e. The van der Waals surface area contributed by atoms with Crippen molar-refractivity contribution in [2.24, 2.45) is 0 Å². The van der Waals surface area contributed by atoms with Gasteiger partial charge in [-0.15, -0.1) is 0 Å². The van der Waals surface area contributed by atoms with E-state index in [0.29, 0.717) is 12.2 Å². The van der Waals surface area contributed by atoms with Gasteiger partial charge in [-0.25, -0.2) is 0 Å². The molecule has 0 spiro atoms. The van der Waals surface area contributed by atoms with Gasteiger partial charge in [0.1, 0.15) is 0 Å².